The minimum Gasteiger partial charge on any atom is -1.00 e. The number of hydrogen-bond donors (Lipinski definition) is 0. The van der Waals surface area contributed by atoms with E-state index in [-0.39, 0.29) is 99.5 Å². The predicted octanol–water partition coefficient (Wildman–Crippen LogP) is -3.00. The van der Waals surface area contributed by atoms with Gasteiger partial charge in [0.25, 0.3) is 0 Å². The van der Waals surface area contributed by atoms with Crippen molar-refractivity contribution in [2.75, 3.05) is 0 Å². The van der Waals surface area contributed by atoms with E-state index in [0.29, 0.717) is 0 Å². The molecular weight excluding hydrogens is 110 g/mol. The summed E-state index contributed by atoms with van der Waals surface area (Å²) < 4.78 is 0. The molecule has 0 heterocycles. The van der Waals surface area contributed by atoms with E-state index in [1.165, 1.54) is 0 Å². The Kier molecular flexibility index (Phi) is 126. The fourth-order valence-corrected chi connectivity index (χ4v) is 0. The smallest absolute Gasteiger partial charge is 1.00 e. The topological polar surface area (TPSA) is 0 Å². The summed E-state index contributed by atoms with van der Waals surface area (Å²) in [7, 11) is 0. The van der Waals surface area contributed by atoms with Crippen LogP contribution in [0.1, 0.15) is 4.28 Å². The third-order valence-corrected chi connectivity index (χ3v) is 0. The van der Waals surface area contributed by atoms with Crippen molar-refractivity contribution >= 4 is 43.9 Å². The molecule has 0 saturated heterocycles. The summed E-state index contributed by atoms with van der Waals surface area (Å²) in [6.45, 7) is 0. The first-order valence-electron chi connectivity index (χ1n) is 0. The monoisotopic (exact) mass is 113 g/mol. The molecule has 0 amide bonds. The van der Waals surface area contributed by atoms with Crippen LogP contribution < -0.4 is 51.4 Å². The molecule has 0 N–H and O–H groups in total. The van der Waals surface area contributed by atoms with Gasteiger partial charge in [-0.3, -0.25) is 0 Å². The van der Waals surface area contributed by atoms with Gasteiger partial charge in [0, 0.05) is 8.41 Å². The molecule has 0 fully saturated rings. The van der Waals surface area contributed by atoms with Crippen LogP contribution in [0.15, 0.2) is 0 Å². The Hall–Kier alpha value is 2.76. The first-order chi connectivity index (χ1) is 0. The first-order valence-corrected chi connectivity index (χ1v) is 0. The molecule has 4 heteroatoms. The summed E-state index contributed by atoms with van der Waals surface area (Å²) in [5.74, 6) is 0. The van der Waals surface area contributed by atoms with Gasteiger partial charge in [0.05, 0.1) is 0 Å². The molecule has 17 valence electrons. The van der Waals surface area contributed by atoms with Crippen molar-refractivity contribution in [2.24, 2.45) is 0 Å². The van der Waals surface area contributed by atoms with E-state index in [9.17, 15) is 0 Å². The molecule has 0 aromatic rings. The molecule has 0 spiro atoms. The van der Waals surface area contributed by atoms with Gasteiger partial charge in [-0.05, 0) is 0 Å². The number of halogens is 1. The molecule has 0 aliphatic carbocycles. The minimum atomic E-state index is 0. The Morgan fingerprint density at radius 1 is 1.25 bits per heavy atom. The van der Waals surface area contributed by atoms with Crippen LogP contribution in [0.3, 0.4) is 0 Å². The summed E-state index contributed by atoms with van der Waals surface area (Å²) in [5.41, 5.74) is 0. The van der Waals surface area contributed by atoms with E-state index in [1.807, 2.05) is 0 Å². The van der Waals surface area contributed by atoms with E-state index < -0.39 is 0 Å². The third-order valence-electron chi connectivity index (χ3n) is 0. The molecule has 0 aliphatic heterocycles. The maximum Gasteiger partial charge on any atom is 2.00 e. The largest absolute Gasteiger partial charge is 2.00 e. The first kappa shape index (κ1) is 29.5. The van der Waals surface area contributed by atoms with Crippen LogP contribution in [0.4, 0.5) is 0 Å². The Morgan fingerprint density at radius 2 is 1.25 bits per heavy atom. The molecule has 0 aromatic heterocycles. The number of rotatable bonds is 0. The fraction of sp³-hybridized carbons (Fsp3) is 0. The molecule has 0 rings (SSSR count). The minimum absolute atomic E-state index is 0. The average Bonchev–Trinajstić information content (AvgIpc) is 0. The van der Waals surface area contributed by atoms with E-state index in [0.717, 1.165) is 0 Å². The van der Waals surface area contributed by atoms with Gasteiger partial charge in [-0.2, -0.15) is 0 Å². The third kappa shape index (κ3) is 8.83. The summed E-state index contributed by atoms with van der Waals surface area (Å²) in [4.78, 5) is 0. The van der Waals surface area contributed by atoms with Crippen LogP contribution in [0, 0.1) is 0 Å². The zero-order valence-corrected chi connectivity index (χ0v) is 8.05. The van der Waals surface area contributed by atoms with E-state index in [1.54, 1.807) is 0 Å². The molecule has 3 radical (unpaired) electrons. The van der Waals surface area contributed by atoms with Crippen molar-refractivity contribution in [3.05, 3.63) is 0 Å². The van der Waals surface area contributed by atoms with Crippen LogP contribution >= 0.6 is 12.4 Å². The van der Waals surface area contributed by atoms with Crippen molar-refractivity contribution in [1.29, 1.82) is 0 Å². The second-order valence-electron chi connectivity index (χ2n) is 0. The second-order valence-corrected chi connectivity index (χ2v) is 0. The second kappa shape index (κ2) is 17.1. The van der Waals surface area contributed by atoms with Crippen molar-refractivity contribution in [3.63, 3.8) is 0 Å². The Balaban J connectivity index is 0. The van der Waals surface area contributed by atoms with Gasteiger partial charge in [-0.25, -0.2) is 0 Å². The van der Waals surface area contributed by atoms with Crippen molar-refractivity contribution in [3.8, 4) is 0 Å². The normalized spacial score (nSPS) is 0. The molecular formula is H4BClKMg. The molecule has 0 nitrogen and oxygen atoms in total. The van der Waals surface area contributed by atoms with Gasteiger partial charge in [-0.15, -0.1) is 12.4 Å². The quantitative estimate of drug-likeness (QED) is 0.294. The summed E-state index contributed by atoms with van der Waals surface area (Å²) in [5, 5.41) is 0. The zero-order chi connectivity index (χ0) is 0. The van der Waals surface area contributed by atoms with Crippen LogP contribution in [-0.2, 0) is 0 Å². The molecule has 4 heavy (non-hydrogen) atoms. The van der Waals surface area contributed by atoms with Gasteiger partial charge in [0.2, 0.25) is 0 Å². The maximum atomic E-state index is 0. The number of hydrogen-bond acceptors (Lipinski definition) is 0. The maximum absolute atomic E-state index is 0. The molecule has 0 saturated carbocycles. The van der Waals surface area contributed by atoms with Crippen molar-refractivity contribution in [2.45, 2.75) is 0 Å². The van der Waals surface area contributed by atoms with E-state index in [4.69, 9.17) is 0 Å². The van der Waals surface area contributed by atoms with Crippen LogP contribution in [0.5, 0.6) is 0 Å². The molecule has 0 aliphatic rings. The van der Waals surface area contributed by atoms with Crippen LogP contribution in [0.2, 0.25) is 0 Å². The summed E-state index contributed by atoms with van der Waals surface area (Å²) in [6.07, 6.45) is 0. The predicted molar refractivity (Wildman–Crippen MR) is 22.1 cm³/mol. The Labute approximate surface area is 97.5 Å². The standard InChI is InChI=1S/B.ClH.K.Mg.3H/h;1H;;;;;/q;;+1;+2;3*-1. The molecule has 0 aromatic carbocycles. The molecule has 0 atom stereocenters. The van der Waals surface area contributed by atoms with Crippen molar-refractivity contribution < 1.29 is 55.7 Å². The van der Waals surface area contributed by atoms with E-state index >= 15 is 0 Å². The summed E-state index contributed by atoms with van der Waals surface area (Å²) in [6, 6.07) is 0. The Bertz CT molecular complexity index is 14.9. The zero-order valence-electron chi connectivity index (χ0n) is 5.69. The van der Waals surface area contributed by atoms with Gasteiger partial charge in [0.15, 0.2) is 0 Å². The van der Waals surface area contributed by atoms with Gasteiger partial charge < -0.3 is 4.28 Å². The molecule has 0 bridgehead atoms. The van der Waals surface area contributed by atoms with Gasteiger partial charge in [0.1, 0.15) is 0 Å². The van der Waals surface area contributed by atoms with Crippen LogP contribution in [-0.4, -0.2) is 31.5 Å². The molecule has 0 unspecified atom stereocenters. The van der Waals surface area contributed by atoms with E-state index in [2.05, 4.69) is 0 Å². The van der Waals surface area contributed by atoms with Gasteiger partial charge in [-0.1, -0.05) is 0 Å². The average molecular weight is 114 g/mol. The van der Waals surface area contributed by atoms with Gasteiger partial charge >= 0.3 is 74.4 Å². The Morgan fingerprint density at radius 3 is 1.25 bits per heavy atom. The van der Waals surface area contributed by atoms with Crippen LogP contribution in [0.25, 0.3) is 0 Å². The summed E-state index contributed by atoms with van der Waals surface area (Å²) >= 11 is 0. The van der Waals surface area contributed by atoms with Crippen molar-refractivity contribution in [1.82, 2.24) is 0 Å². The fourth-order valence-electron chi connectivity index (χ4n) is 0. The SMILES string of the molecule is Cl.[B].[H-].[H-].[H-].[K+].[Mg+2].